The SMILES string of the molecule is CC(=O)OCC(=O)N(C)C[C]=O. The minimum atomic E-state index is -0.521. The van der Waals surface area contributed by atoms with E-state index in [4.69, 9.17) is 0 Å². The molecule has 1 amide bonds. The van der Waals surface area contributed by atoms with Crippen molar-refractivity contribution in [3.63, 3.8) is 0 Å². The van der Waals surface area contributed by atoms with E-state index in [0.717, 1.165) is 4.90 Å². The summed E-state index contributed by atoms with van der Waals surface area (Å²) in [5, 5.41) is 0. The lowest BCUT2D eigenvalue weighted by Crippen LogP contribution is -2.32. The molecule has 0 aromatic rings. The molecule has 5 heteroatoms. The second-order valence-corrected chi connectivity index (χ2v) is 2.17. The highest BCUT2D eigenvalue weighted by Crippen LogP contribution is 1.84. The Morgan fingerprint density at radius 3 is 2.50 bits per heavy atom. The van der Waals surface area contributed by atoms with E-state index in [1.165, 1.54) is 14.0 Å². The zero-order chi connectivity index (χ0) is 9.56. The third-order valence-corrected chi connectivity index (χ3v) is 1.13. The Labute approximate surface area is 70.3 Å². The van der Waals surface area contributed by atoms with Crippen molar-refractivity contribution in [2.75, 3.05) is 20.2 Å². The second-order valence-electron chi connectivity index (χ2n) is 2.17. The largest absolute Gasteiger partial charge is 0.456 e. The van der Waals surface area contributed by atoms with Crippen molar-refractivity contribution < 1.29 is 19.1 Å². The average Bonchev–Trinajstić information content (AvgIpc) is 2.00. The molecule has 1 radical (unpaired) electrons. The van der Waals surface area contributed by atoms with Gasteiger partial charge in [-0.3, -0.25) is 14.4 Å². The van der Waals surface area contributed by atoms with Crippen LogP contribution in [0.4, 0.5) is 0 Å². The zero-order valence-electron chi connectivity index (χ0n) is 6.99. The molecule has 0 aliphatic heterocycles. The standard InChI is InChI=1S/C7H10NO4/c1-6(10)12-5-7(11)8(2)3-4-9/h3,5H2,1-2H3. The quantitative estimate of drug-likeness (QED) is 0.516. The van der Waals surface area contributed by atoms with Gasteiger partial charge >= 0.3 is 5.97 Å². The number of rotatable bonds is 4. The molecule has 0 aliphatic rings. The number of carbonyl (C=O) groups excluding carboxylic acids is 3. The zero-order valence-corrected chi connectivity index (χ0v) is 6.99. The number of hydrogen-bond donors (Lipinski definition) is 0. The van der Waals surface area contributed by atoms with E-state index >= 15 is 0 Å². The summed E-state index contributed by atoms with van der Waals surface area (Å²) in [4.78, 5) is 32.1. The van der Waals surface area contributed by atoms with E-state index in [9.17, 15) is 14.4 Å². The van der Waals surface area contributed by atoms with Crippen molar-refractivity contribution in [1.82, 2.24) is 4.90 Å². The van der Waals surface area contributed by atoms with Crippen LogP contribution >= 0.6 is 0 Å². The summed E-state index contributed by atoms with van der Waals surface area (Å²) in [6.45, 7) is 0.771. The van der Waals surface area contributed by atoms with Crippen molar-refractivity contribution in [3.05, 3.63) is 0 Å². The molecule has 0 N–H and O–H groups in total. The first kappa shape index (κ1) is 10.6. The summed E-state index contributed by atoms with van der Waals surface area (Å²) < 4.78 is 4.41. The maximum atomic E-state index is 10.9. The predicted octanol–water partition coefficient (Wildman–Crippen LogP) is -0.882. The number of esters is 1. The van der Waals surface area contributed by atoms with Crippen LogP contribution in [-0.2, 0) is 19.1 Å². The summed E-state index contributed by atoms with van der Waals surface area (Å²) in [6.07, 6.45) is 1.55. The smallest absolute Gasteiger partial charge is 0.303 e. The summed E-state index contributed by atoms with van der Waals surface area (Å²) in [5.74, 6) is -0.944. The highest BCUT2D eigenvalue weighted by atomic mass is 16.5. The maximum absolute atomic E-state index is 10.9. The molecule has 67 valence electrons. The van der Waals surface area contributed by atoms with E-state index in [1.54, 1.807) is 6.29 Å². The molecule has 0 saturated heterocycles. The van der Waals surface area contributed by atoms with Gasteiger partial charge in [-0.1, -0.05) is 0 Å². The number of carbonyl (C=O) groups is 2. The van der Waals surface area contributed by atoms with Crippen LogP contribution in [0.5, 0.6) is 0 Å². The molecule has 0 atom stereocenters. The van der Waals surface area contributed by atoms with Gasteiger partial charge in [-0.2, -0.15) is 0 Å². The third kappa shape index (κ3) is 4.43. The van der Waals surface area contributed by atoms with Crippen LogP contribution in [0.2, 0.25) is 0 Å². The van der Waals surface area contributed by atoms with Crippen molar-refractivity contribution in [2.45, 2.75) is 6.92 Å². The Bertz CT molecular complexity index is 190. The van der Waals surface area contributed by atoms with Gasteiger partial charge in [-0.05, 0) is 0 Å². The second kappa shape index (κ2) is 5.29. The fourth-order valence-electron chi connectivity index (χ4n) is 0.459. The molecule has 12 heavy (non-hydrogen) atoms. The molecule has 0 saturated carbocycles. The van der Waals surface area contributed by atoms with Crippen LogP contribution in [-0.4, -0.2) is 43.3 Å². The van der Waals surface area contributed by atoms with Crippen molar-refractivity contribution in [3.8, 4) is 0 Å². The van der Waals surface area contributed by atoms with Gasteiger partial charge in [-0.15, -0.1) is 0 Å². The van der Waals surface area contributed by atoms with Gasteiger partial charge in [0.05, 0.1) is 6.54 Å². The van der Waals surface area contributed by atoms with Crippen molar-refractivity contribution >= 4 is 18.2 Å². The molecule has 0 bridgehead atoms. The van der Waals surface area contributed by atoms with Crippen LogP contribution in [0.1, 0.15) is 6.92 Å². The summed E-state index contributed by atoms with van der Waals surface area (Å²) in [6, 6.07) is 0. The molecule has 0 aliphatic carbocycles. The number of likely N-dealkylation sites (N-methyl/N-ethyl adjacent to an activating group) is 1. The first-order valence-corrected chi connectivity index (χ1v) is 3.30. The summed E-state index contributed by atoms with van der Waals surface area (Å²) in [7, 11) is 1.43. The van der Waals surface area contributed by atoms with Crippen LogP contribution in [0.3, 0.4) is 0 Å². The summed E-state index contributed by atoms with van der Waals surface area (Å²) in [5.41, 5.74) is 0. The third-order valence-electron chi connectivity index (χ3n) is 1.13. The molecule has 0 heterocycles. The molecule has 0 spiro atoms. The normalized spacial score (nSPS) is 8.83. The average molecular weight is 172 g/mol. The van der Waals surface area contributed by atoms with Gasteiger partial charge in [0.2, 0.25) is 6.29 Å². The minimum absolute atomic E-state index is 0.111. The fourth-order valence-corrected chi connectivity index (χ4v) is 0.459. The lowest BCUT2D eigenvalue weighted by atomic mass is 10.5. The highest BCUT2D eigenvalue weighted by molar-refractivity contribution is 5.81. The molecular formula is C7H10NO4. The van der Waals surface area contributed by atoms with Gasteiger partial charge in [0.25, 0.3) is 5.91 Å². The van der Waals surface area contributed by atoms with Crippen molar-refractivity contribution in [1.29, 1.82) is 0 Å². The van der Waals surface area contributed by atoms with E-state index in [2.05, 4.69) is 4.74 Å². The molecule has 0 aromatic heterocycles. The van der Waals surface area contributed by atoms with Crippen LogP contribution in [0.15, 0.2) is 0 Å². The Kier molecular flexibility index (Phi) is 4.67. The van der Waals surface area contributed by atoms with Crippen LogP contribution in [0, 0.1) is 0 Å². The van der Waals surface area contributed by atoms with Gasteiger partial charge in [0, 0.05) is 14.0 Å². The number of ether oxygens (including phenoxy) is 1. The minimum Gasteiger partial charge on any atom is -0.456 e. The number of amides is 1. The Balaban J connectivity index is 3.71. The van der Waals surface area contributed by atoms with E-state index < -0.39 is 11.9 Å². The van der Waals surface area contributed by atoms with Crippen LogP contribution in [0.25, 0.3) is 0 Å². The highest BCUT2D eigenvalue weighted by Gasteiger charge is 2.08. The monoisotopic (exact) mass is 172 g/mol. The Hall–Kier alpha value is -1.39. The molecule has 5 nitrogen and oxygen atoms in total. The molecule has 0 fully saturated rings. The lowest BCUT2D eigenvalue weighted by Gasteiger charge is -2.12. The Morgan fingerprint density at radius 2 is 2.08 bits per heavy atom. The van der Waals surface area contributed by atoms with Gasteiger partial charge < -0.3 is 9.64 Å². The summed E-state index contributed by atoms with van der Waals surface area (Å²) >= 11 is 0. The van der Waals surface area contributed by atoms with Crippen LogP contribution < -0.4 is 0 Å². The fraction of sp³-hybridized carbons (Fsp3) is 0.571. The van der Waals surface area contributed by atoms with E-state index in [-0.39, 0.29) is 13.2 Å². The lowest BCUT2D eigenvalue weighted by molar-refractivity contribution is -0.149. The predicted molar refractivity (Wildman–Crippen MR) is 40.0 cm³/mol. The maximum Gasteiger partial charge on any atom is 0.303 e. The number of nitrogens with zero attached hydrogens (tertiary/aromatic N) is 1. The number of hydrogen-bond acceptors (Lipinski definition) is 4. The topological polar surface area (TPSA) is 63.7 Å². The van der Waals surface area contributed by atoms with Gasteiger partial charge in [-0.25, -0.2) is 0 Å². The molecule has 0 unspecified atom stereocenters. The van der Waals surface area contributed by atoms with E-state index in [1.807, 2.05) is 0 Å². The van der Waals surface area contributed by atoms with Crippen molar-refractivity contribution in [2.24, 2.45) is 0 Å². The van der Waals surface area contributed by atoms with E-state index in [0.29, 0.717) is 0 Å². The van der Waals surface area contributed by atoms with Gasteiger partial charge in [0.15, 0.2) is 6.61 Å². The molecular weight excluding hydrogens is 162 g/mol. The Morgan fingerprint density at radius 1 is 1.50 bits per heavy atom. The molecule has 0 aromatic carbocycles. The first-order chi connectivity index (χ1) is 5.57. The van der Waals surface area contributed by atoms with Gasteiger partial charge in [0.1, 0.15) is 0 Å². The molecule has 0 rings (SSSR count). The first-order valence-electron chi connectivity index (χ1n) is 3.30.